The molecule has 6 heteroatoms. The van der Waals surface area contributed by atoms with Crippen molar-refractivity contribution in [2.24, 2.45) is 0 Å². The lowest BCUT2D eigenvalue weighted by molar-refractivity contribution is -0.115. The molecule has 0 aromatic heterocycles. The quantitative estimate of drug-likeness (QED) is 0.873. The highest BCUT2D eigenvalue weighted by molar-refractivity contribution is 6.30. The van der Waals surface area contributed by atoms with Crippen LogP contribution in [0.15, 0.2) is 42.5 Å². The molecule has 0 unspecified atom stereocenters. The number of amides is 1. The molecule has 0 saturated carbocycles. The molecule has 1 heterocycles. The molecule has 5 nitrogen and oxygen atoms in total. The fourth-order valence-electron chi connectivity index (χ4n) is 3.04. The number of hydrogen-bond acceptors (Lipinski definition) is 4. The number of nitrogens with one attached hydrogen (secondary N) is 1. The Kier molecular flexibility index (Phi) is 6.01. The summed E-state index contributed by atoms with van der Waals surface area (Å²) in [6, 6.07) is 13.2. The van der Waals surface area contributed by atoms with Crippen LogP contribution in [-0.4, -0.2) is 51.1 Å². The normalized spacial score (nSPS) is 15.0. The zero-order chi connectivity index (χ0) is 18.5. The first-order valence-corrected chi connectivity index (χ1v) is 9.09. The number of anilines is 2. The molecule has 2 aromatic rings. The number of nitrogens with zero attached hydrogens (tertiary/aromatic N) is 2. The van der Waals surface area contributed by atoms with Crippen molar-refractivity contribution < 1.29 is 9.53 Å². The fraction of sp³-hybridized carbons (Fsp3) is 0.350. The van der Waals surface area contributed by atoms with E-state index in [4.69, 9.17) is 16.3 Å². The Morgan fingerprint density at radius 2 is 1.81 bits per heavy atom. The Balaban J connectivity index is 1.71. The first kappa shape index (κ1) is 18.5. The molecular formula is C20H24ClN3O2. The van der Waals surface area contributed by atoms with Gasteiger partial charge >= 0.3 is 0 Å². The molecule has 0 spiro atoms. The van der Waals surface area contributed by atoms with Crippen LogP contribution in [0.5, 0.6) is 5.75 Å². The molecule has 3 rings (SSSR count). The number of halogens is 1. The van der Waals surface area contributed by atoms with E-state index in [1.54, 1.807) is 19.2 Å². The lowest BCUT2D eigenvalue weighted by atomic mass is 10.1. The van der Waals surface area contributed by atoms with Crippen LogP contribution in [-0.2, 0) is 11.2 Å². The van der Waals surface area contributed by atoms with Gasteiger partial charge in [-0.3, -0.25) is 4.79 Å². The molecule has 1 aliphatic heterocycles. The van der Waals surface area contributed by atoms with Crippen LogP contribution in [0.1, 0.15) is 5.56 Å². The monoisotopic (exact) mass is 373 g/mol. The van der Waals surface area contributed by atoms with Crippen molar-refractivity contribution in [1.29, 1.82) is 0 Å². The smallest absolute Gasteiger partial charge is 0.228 e. The average Bonchev–Trinajstić information content (AvgIpc) is 2.64. The summed E-state index contributed by atoms with van der Waals surface area (Å²) in [5, 5.41) is 3.64. The van der Waals surface area contributed by atoms with E-state index in [9.17, 15) is 4.79 Å². The number of benzene rings is 2. The lowest BCUT2D eigenvalue weighted by Gasteiger charge is -2.34. The van der Waals surface area contributed by atoms with E-state index in [1.807, 2.05) is 30.3 Å². The van der Waals surface area contributed by atoms with Gasteiger partial charge in [0.05, 0.1) is 19.2 Å². The van der Waals surface area contributed by atoms with Gasteiger partial charge < -0.3 is 19.9 Å². The van der Waals surface area contributed by atoms with Gasteiger partial charge in [-0.25, -0.2) is 0 Å². The van der Waals surface area contributed by atoms with Gasteiger partial charge in [0, 0.05) is 36.9 Å². The molecule has 1 saturated heterocycles. The molecule has 0 radical (unpaired) electrons. The number of hydrogen-bond donors (Lipinski definition) is 1. The van der Waals surface area contributed by atoms with Crippen LogP contribution in [0.2, 0.25) is 5.02 Å². The molecule has 1 fully saturated rings. The highest BCUT2D eigenvalue weighted by Gasteiger charge is 2.16. The van der Waals surface area contributed by atoms with Gasteiger partial charge in [0.15, 0.2) is 0 Å². The van der Waals surface area contributed by atoms with Gasteiger partial charge in [-0.05, 0) is 42.9 Å². The Labute approximate surface area is 159 Å². The average molecular weight is 374 g/mol. The summed E-state index contributed by atoms with van der Waals surface area (Å²) >= 11 is 5.89. The predicted molar refractivity (Wildman–Crippen MR) is 106 cm³/mol. The van der Waals surface area contributed by atoms with Crippen molar-refractivity contribution in [3.05, 3.63) is 53.1 Å². The number of rotatable bonds is 5. The third kappa shape index (κ3) is 4.68. The zero-order valence-electron chi connectivity index (χ0n) is 15.2. The van der Waals surface area contributed by atoms with E-state index in [0.29, 0.717) is 22.9 Å². The molecule has 1 amide bonds. The number of ether oxygens (including phenoxy) is 1. The third-order valence-corrected chi connectivity index (χ3v) is 4.86. The molecule has 2 aromatic carbocycles. The van der Waals surface area contributed by atoms with Crippen LogP contribution in [0, 0.1) is 0 Å². The first-order chi connectivity index (χ1) is 12.5. The Bertz CT molecular complexity index is 756. The van der Waals surface area contributed by atoms with E-state index in [-0.39, 0.29) is 5.91 Å². The fourth-order valence-corrected chi connectivity index (χ4v) is 3.16. The van der Waals surface area contributed by atoms with Gasteiger partial charge in [0.25, 0.3) is 0 Å². The summed E-state index contributed by atoms with van der Waals surface area (Å²) in [7, 11) is 3.74. The molecule has 1 aliphatic rings. The summed E-state index contributed by atoms with van der Waals surface area (Å²) in [6.45, 7) is 4.01. The number of piperazine rings is 1. The van der Waals surface area contributed by atoms with E-state index >= 15 is 0 Å². The van der Waals surface area contributed by atoms with Crippen LogP contribution < -0.4 is 15.0 Å². The van der Waals surface area contributed by atoms with Gasteiger partial charge in [0.2, 0.25) is 5.91 Å². The van der Waals surface area contributed by atoms with Crippen LogP contribution in [0.3, 0.4) is 0 Å². The topological polar surface area (TPSA) is 44.8 Å². The highest BCUT2D eigenvalue weighted by Crippen LogP contribution is 2.30. The maximum atomic E-state index is 12.4. The second kappa shape index (κ2) is 8.43. The standard InChI is InChI=1S/C20H24ClN3O2/c1-23-9-11-24(12-10-23)17-7-8-19(26-2)18(14-17)22-20(25)13-15-3-5-16(21)6-4-15/h3-8,14H,9-13H2,1-2H3,(H,22,25). The van der Waals surface area contributed by atoms with Gasteiger partial charge in [-0.15, -0.1) is 0 Å². The summed E-state index contributed by atoms with van der Waals surface area (Å²) in [4.78, 5) is 17.1. The third-order valence-electron chi connectivity index (χ3n) is 4.60. The minimum absolute atomic E-state index is 0.0823. The SMILES string of the molecule is COc1ccc(N2CCN(C)CC2)cc1NC(=O)Cc1ccc(Cl)cc1. The Hall–Kier alpha value is -2.24. The van der Waals surface area contributed by atoms with Crippen molar-refractivity contribution in [3.63, 3.8) is 0 Å². The molecule has 0 aliphatic carbocycles. The van der Waals surface area contributed by atoms with E-state index in [0.717, 1.165) is 37.4 Å². The lowest BCUT2D eigenvalue weighted by Crippen LogP contribution is -2.44. The van der Waals surface area contributed by atoms with Crippen LogP contribution >= 0.6 is 11.6 Å². The highest BCUT2D eigenvalue weighted by atomic mass is 35.5. The Morgan fingerprint density at radius 3 is 2.46 bits per heavy atom. The molecule has 0 bridgehead atoms. The predicted octanol–water partition coefficient (Wildman–Crippen LogP) is 3.28. The van der Waals surface area contributed by atoms with Crippen LogP contribution in [0.4, 0.5) is 11.4 Å². The number of carbonyl (C=O) groups excluding carboxylic acids is 1. The molecule has 1 N–H and O–H groups in total. The second-order valence-corrected chi connectivity index (χ2v) is 6.96. The van der Waals surface area contributed by atoms with Gasteiger partial charge in [-0.2, -0.15) is 0 Å². The molecule has 0 atom stereocenters. The van der Waals surface area contributed by atoms with E-state index in [2.05, 4.69) is 22.2 Å². The summed E-state index contributed by atoms with van der Waals surface area (Å²) in [6.07, 6.45) is 0.291. The first-order valence-electron chi connectivity index (χ1n) is 8.71. The van der Waals surface area contributed by atoms with Crippen molar-refractivity contribution in [2.75, 3.05) is 50.6 Å². The van der Waals surface area contributed by atoms with E-state index < -0.39 is 0 Å². The van der Waals surface area contributed by atoms with Crippen LogP contribution in [0.25, 0.3) is 0 Å². The Morgan fingerprint density at radius 1 is 1.12 bits per heavy atom. The zero-order valence-corrected chi connectivity index (χ0v) is 15.9. The number of likely N-dealkylation sites (N-methyl/N-ethyl adjacent to an activating group) is 1. The van der Waals surface area contributed by atoms with Crippen molar-refractivity contribution >= 4 is 28.9 Å². The molecular weight excluding hydrogens is 350 g/mol. The summed E-state index contributed by atoms with van der Waals surface area (Å²) in [5.41, 5.74) is 2.71. The second-order valence-electron chi connectivity index (χ2n) is 6.53. The number of carbonyl (C=O) groups is 1. The van der Waals surface area contributed by atoms with Crippen molar-refractivity contribution in [3.8, 4) is 5.75 Å². The minimum Gasteiger partial charge on any atom is -0.495 e. The molecule has 26 heavy (non-hydrogen) atoms. The number of methoxy groups -OCH3 is 1. The maximum absolute atomic E-state index is 12.4. The maximum Gasteiger partial charge on any atom is 0.228 e. The van der Waals surface area contributed by atoms with Gasteiger partial charge in [0.1, 0.15) is 5.75 Å². The molecule has 138 valence electrons. The van der Waals surface area contributed by atoms with E-state index in [1.165, 1.54) is 0 Å². The van der Waals surface area contributed by atoms with Crippen molar-refractivity contribution in [2.45, 2.75) is 6.42 Å². The summed E-state index contributed by atoms with van der Waals surface area (Å²) in [5.74, 6) is 0.577. The van der Waals surface area contributed by atoms with Crippen molar-refractivity contribution in [1.82, 2.24) is 4.90 Å². The largest absolute Gasteiger partial charge is 0.495 e. The minimum atomic E-state index is -0.0823. The summed E-state index contributed by atoms with van der Waals surface area (Å²) < 4.78 is 5.41. The van der Waals surface area contributed by atoms with Gasteiger partial charge in [-0.1, -0.05) is 23.7 Å².